The van der Waals surface area contributed by atoms with Gasteiger partial charge in [0.1, 0.15) is 6.54 Å². The number of aromatic nitrogens is 1. The number of rotatable bonds is 0. The van der Waals surface area contributed by atoms with Crippen molar-refractivity contribution in [1.29, 1.82) is 0 Å². The predicted octanol–water partition coefficient (Wildman–Crippen LogP) is 0.697. The fraction of sp³-hybridized carbons (Fsp3) is 0.125. The van der Waals surface area contributed by atoms with Gasteiger partial charge in [0.2, 0.25) is 0 Å². The maximum Gasteiger partial charge on any atom is 0.184 e. The number of ketones is 1. The molecule has 0 amide bonds. The molecule has 0 saturated heterocycles. The number of pyridine rings is 1. The van der Waals surface area contributed by atoms with Crippen LogP contribution in [0.4, 0.5) is 0 Å². The molecule has 54 valence electrons. The molecule has 1 aliphatic rings. The molecule has 0 N–H and O–H groups in total. The highest BCUT2D eigenvalue weighted by molar-refractivity contribution is 6.07. The molecule has 0 fully saturated rings. The molecule has 2 heterocycles. The number of fused-ring (bicyclic) bond motifs is 1. The highest BCUT2D eigenvalue weighted by Gasteiger charge is 2.12. The highest BCUT2D eigenvalue weighted by atomic mass is 16.1. The molecular weight excluding hydrogens is 140 g/mol. The van der Waals surface area contributed by atoms with Crippen molar-refractivity contribution in [3.63, 3.8) is 0 Å². The molecule has 0 atom stereocenters. The number of hydrogen-bond donors (Lipinski definition) is 0. The number of carbonyl (C=O) groups excluding carboxylic acids is 1. The predicted molar refractivity (Wildman–Crippen MR) is 41.0 cm³/mol. The van der Waals surface area contributed by atoms with Crippen LogP contribution in [-0.2, 0) is 0 Å². The topological polar surface area (TPSA) is 42.3 Å². The van der Waals surface area contributed by atoms with Gasteiger partial charge >= 0.3 is 0 Å². The second-order valence-electron chi connectivity index (χ2n) is 2.36. The third-order valence-corrected chi connectivity index (χ3v) is 1.62. The van der Waals surface area contributed by atoms with Crippen LogP contribution < -0.4 is 0 Å². The standard InChI is InChI=1S/C8H6N2O/c11-8-5-10-4-6-3-9-2-1-7(6)8/h1-4H,5H2. The van der Waals surface area contributed by atoms with Crippen molar-refractivity contribution in [3.8, 4) is 0 Å². The maximum atomic E-state index is 11.1. The Morgan fingerprint density at radius 1 is 1.45 bits per heavy atom. The van der Waals surface area contributed by atoms with Gasteiger partial charge in [-0.15, -0.1) is 0 Å². The average Bonchev–Trinajstić information content (AvgIpc) is 2.06. The van der Waals surface area contributed by atoms with Gasteiger partial charge in [-0.3, -0.25) is 14.8 Å². The van der Waals surface area contributed by atoms with Gasteiger partial charge in [-0.1, -0.05) is 0 Å². The van der Waals surface area contributed by atoms with Crippen LogP contribution in [0.25, 0.3) is 0 Å². The molecule has 0 saturated carbocycles. The summed E-state index contributed by atoms with van der Waals surface area (Å²) in [6.45, 7) is 0.275. The first-order valence-electron chi connectivity index (χ1n) is 3.35. The van der Waals surface area contributed by atoms with E-state index in [-0.39, 0.29) is 12.3 Å². The smallest absolute Gasteiger partial charge is 0.184 e. The Bertz CT molecular complexity index is 331. The van der Waals surface area contributed by atoms with Gasteiger partial charge in [-0.2, -0.15) is 0 Å². The summed E-state index contributed by atoms with van der Waals surface area (Å²) in [6, 6.07) is 1.73. The van der Waals surface area contributed by atoms with Crippen LogP contribution in [0, 0.1) is 0 Å². The van der Waals surface area contributed by atoms with E-state index in [2.05, 4.69) is 9.98 Å². The fourth-order valence-electron chi connectivity index (χ4n) is 1.08. The largest absolute Gasteiger partial charge is 0.292 e. The van der Waals surface area contributed by atoms with E-state index in [0.717, 1.165) is 11.1 Å². The first kappa shape index (κ1) is 6.22. The summed E-state index contributed by atoms with van der Waals surface area (Å²) >= 11 is 0. The zero-order valence-electron chi connectivity index (χ0n) is 5.82. The number of aliphatic imine (C=N–C) groups is 1. The molecule has 1 aromatic heterocycles. The van der Waals surface area contributed by atoms with E-state index >= 15 is 0 Å². The Morgan fingerprint density at radius 2 is 2.36 bits per heavy atom. The Kier molecular flexibility index (Phi) is 1.28. The lowest BCUT2D eigenvalue weighted by atomic mass is 10.1. The third-order valence-electron chi connectivity index (χ3n) is 1.62. The van der Waals surface area contributed by atoms with Gasteiger partial charge in [0.25, 0.3) is 0 Å². The molecule has 0 spiro atoms. The summed E-state index contributed by atoms with van der Waals surface area (Å²) < 4.78 is 0. The second kappa shape index (κ2) is 2.27. The zero-order chi connectivity index (χ0) is 7.68. The molecule has 1 aliphatic heterocycles. The van der Waals surface area contributed by atoms with Crippen molar-refractivity contribution in [3.05, 3.63) is 29.6 Å². The van der Waals surface area contributed by atoms with E-state index in [1.165, 1.54) is 0 Å². The van der Waals surface area contributed by atoms with Crippen molar-refractivity contribution in [2.24, 2.45) is 4.99 Å². The molecule has 0 aliphatic carbocycles. The van der Waals surface area contributed by atoms with E-state index in [0.29, 0.717) is 0 Å². The minimum atomic E-state index is 0.0740. The van der Waals surface area contributed by atoms with E-state index in [1.807, 2.05) is 0 Å². The molecule has 3 nitrogen and oxygen atoms in total. The number of Topliss-reactive ketones (excluding diaryl/α,β-unsaturated/α-hetero) is 1. The van der Waals surface area contributed by atoms with Gasteiger partial charge in [0, 0.05) is 29.7 Å². The normalized spacial score (nSPS) is 14.7. The van der Waals surface area contributed by atoms with Crippen molar-refractivity contribution in [1.82, 2.24) is 4.98 Å². The molecule has 1 aromatic rings. The number of carbonyl (C=O) groups is 1. The Labute approximate surface area is 63.8 Å². The highest BCUT2D eigenvalue weighted by Crippen LogP contribution is 2.09. The minimum absolute atomic E-state index is 0.0740. The van der Waals surface area contributed by atoms with Crippen LogP contribution >= 0.6 is 0 Å². The minimum Gasteiger partial charge on any atom is -0.292 e. The van der Waals surface area contributed by atoms with Gasteiger partial charge in [-0.05, 0) is 6.07 Å². The van der Waals surface area contributed by atoms with Crippen LogP contribution in [0.3, 0.4) is 0 Å². The van der Waals surface area contributed by atoms with Gasteiger partial charge in [0.05, 0.1) is 0 Å². The molecule has 11 heavy (non-hydrogen) atoms. The zero-order valence-corrected chi connectivity index (χ0v) is 5.82. The lowest BCUT2D eigenvalue weighted by Crippen LogP contribution is -2.12. The van der Waals surface area contributed by atoms with Gasteiger partial charge < -0.3 is 0 Å². The van der Waals surface area contributed by atoms with Crippen LogP contribution in [0.5, 0.6) is 0 Å². The van der Waals surface area contributed by atoms with Crippen molar-refractivity contribution < 1.29 is 4.79 Å². The average molecular weight is 146 g/mol. The Morgan fingerprint density at radius 3 is 3.18 bits per heavy atom. The van der Waals surface area contributed by atoms with Crippen LogP contribution in [0.1, 0.15) is 15.9 Å². The van der Waals surface area contributed by atoms with E-state index < -0.39 is 0 Å². The lowest BCUT2D eigenvalue weighted by molar-refractivity contribution is 0.100. The fourth-order valence-corrected chi connectivity index (χ4v) is 1.08. The van der Waals surface area contributed by atoms with Crippen molar-refractivity contribution >= 4 is 12.0 Å². The molecule has 0 radical (unpaired) electrons. The number of nitrogens with zero attached hydrogens (tertiary/aromatic N) is 2. The summed E-state index contributed by atoms with van der Waals surface area (Å²) in [5, 5.41) is 0. The van der Waals surface area contributed by atoms with Crippen molar-refractivity contribution in [2.75, 3.05) is 6.54 Å². The third kappa shape index (κ3) is 0.941. The molecule has 3 heteroatoms. The molecule has 0 bridgehead atoms. The molecular formula is C8H6N2O. The SMILES string of the molecule is O=C1CN=Cc2cnccc21. The summed E-state index contributed by atoms with van der Waals surface area (Å²) in [5.74, 6) is 0.0740. The van der Waals surface area contributed by atoms with Crippen LogP contribution in [0.2, 0.25) is 0 Å². The molecule has 0 unspecified atom stereocenters. The van der Waals surface area contributed by atoms with Gasteiger partial charge in [-0.25, -0.2) is 0 Å². The maximum absolute atomic E-state index is 11.1. The number of hydrogen-bond acceptors (Lipinski definition) is 3. The van der Waals surface area contributed by atoms with E-state index in [1.54, 1.807) is 24.7 Å². The summed E-state index contributed by atoms with van der Waals surface area (Å²) in [7, 11) is 0. The first-order chi connectivity index (χ1) is 5.38. The van der Waals surface area contributed by atoms with Crippen LogP contribution in [0.15, 0.2) is 23.5 Å². The summed E-state index contributed by atoms with van der Waals surface area (Å²) in [6.07, 6.45) is 4.95. The summed E-state index contributed by atoms with van der Waals surface area (Å²) in [4.78, 5) is 18.9. The monoisotopic (exact) mass is 146 g/mol. The Hall–Kier alpha value is -1.51. The lowest BCUT2D eigenvalue weighted by Gasteiger charge is -2.05. The first-order valence-corrected chi connectivity index (χ1v) is 3.35. The second-order valence-corrected chi connectivity index (χ2v) is 2.36. The summed E-state index contributed by atoms with van der Waals surface area (Å²) in [5.41, 5.74) is 1.55. The Balaban J connectivity index is 2.63. The van der Waals surface area contributed by atoms with E-state index in [4.69, 9.17) is 0 Å². The molecule has 2 rings (SSSR count). The van der Waals surface area contributed by atoms with Gasteiger partial charge in [0.15, 0.2) is 5.78 Å². The quantitative estimate of drug-likeness (QED) is 0.540. The van der Waals surface area contributed by atoms with Crippen LogP contribution in [-0.4, -0.2) is 23.5 Å². The van der Waals surface area contributed by atoms with Crippen molar-refractivity contribution in [2.45, 2.75) is 0 Å². The molecule has 0 aromatic carbocycles. The van der Waals surface area contributed by atoms with E-state index in [9.17, 15) is 4.79 Å².